The molecule has 7 heteroatoms. The van der Waals surface area contributed by atoms with Gasteiger partial charge < -0.3 is 14.4 Å². The molecular weight excluding hydrogens is 435 g/mol. The number of carbonyl (C=O) groups excluding carboxylic acids is 1. The predicted molar refractivity (Wildman–Crippen MR) is 127 cm³/mol. The van der Waals surface area contributed by atoms with E-state index in [1.54, 1.807) is 17.6 Å². The SMILES string of the molecule is C=CCC1CCc2c(C)c(F)cc3nc4c(c1c23)Cn1c-4cc2c(c1=O)COC(=O)C2O.CC. The van der Waals surface area contributed by atoms with E-state index in [-0.39, 0.29) is 35.0 Å². The molecule has 1 N–H and O–H groups in total. The van der Waals surface area contributed by atoms with Gasteiger partial charge in [0.25, 0.3) is 5.56 Å². The van der Waals surface area contributed by atoms with Gasteiger partial charge in [0.05, 0.1) is 29.0 Å². The molecule has 6 nitrogen and oxygen atoms in total. The lowest BCUT2D eigenvalue weighted by atomic mass is 9.77. The van der Waals surface area contributed by atoms with Gasteiger partial charge in [0.15, 0.2) is 6.10 Å². The summed E-state index contributed by atoms with van der Waals surface area (Å²) in [6, 6.07) is 3.13. The fourth-order valence-corrected chi connectivity index (χ4v) is 5.63. The topological polar surface area (TPSA) is 81.4 Å². The second-order valence-electron chi connectivity index (χ2n) is 8.83. The van der Waals surface area contributed by atoms with Gasteiger partial charge in [-0.15, -0.1) is 6.58 Å². The highest BCUT2D eigenvalue weighted by atomic mass is 19.1. The fourth-order valence-electron chi connectivity index (χ4n) is 5.63. The van der Waals surface area contributed by atoms with E-state index in [4.69, 9.17) is 9.72 Å². The van der Waals surface area contributed by atoms with Crippen LogP contribution < -0.4 is 5.56 Å². The van der Waals surface area contributed by atoms with Crippen LogP contribution in [0.2, 0.25) is 0 Å². The van der Waals surface area contributed by atoms with Crippen molar-refractivity contribution in [3.8, 4) is 11.4 Å². The van der Waals surface area contributed by atoms with Crippen LogP contribution in [-0.4, -0.2) is 20.6 Å². The highest BCUT2D eigenvalue weighted by Gasteiger charge is 2.36. The smallest absolute Gasteiger partial charge is 0.340 e. The molecule has 0 radical (unpaired) electrons. The number of aliphatic hydroxyl groups excluding tert-OH is 1. The minimum atomic E-state index is -1.50. The van der Waals surface area contributed by atoms with Crippen LogP contribution in [0.1, 0.15) is 72.1 Å². The zero-order chi connectivity index (χ0) is 24.3. The van der Waals surface area contributed by atoms with Gasteiger partial charge in [-0.3, -0.25) is 4.79 Å². The van der Waals surface area contributed by atoms with Crippen molar-refractivity contribution in [2.75, 3.05) is 0 Å². The number of cyclic esters (lactones) is 1. The van der Waals surface area contributed by atoms with Crippen LogP contribution in [0, 0.1) is 12.7 Å². The number of carbonyl (C=O) groups is 1. The monoisotopic (exact) mass is 462 g/mol. The summed E-state index contributed by atoms with van der Waals surface area (Å²) in [6.45, 7) is 9.92. The van der Waals surface area contributed by atoms with Crippen LogP contribution in [-0.2, 0) is 29.1 Å². The van der Waals surface area contributed by atoms with Crippen molar-refractivity contribution in [1.82, 2.24) is 9.55 Å². The summed E-state index contributed by atoms with van der Waals surface area (Å²) in [6.07, 6.45) is 2.83. The molecule has 0 bridgehead atoms. The van der Waals surface area contributed by atoms with Crippen molar-refractivity contribution in [3.63, 3.8) is 0 Å². The minimum Gasteiger partial charge on any atom is -0.458 e. The van der Waals surface area contributed by atoms with Crippen molar-refractivity contribution >= 4 is 16.9 Å². The average Bonchev–Trinajstić information content (AvgIpc) is 3.21. The summed E-state index contributed by atoms with van der Waals surface area (Å²) in [4.78, 5) is 30.0. The van der Waals surface area contributed by atoms with E-state index in [0.29, 0.717) is 29.0 Å². The number of aromatic nitrogens is 2. The lowest BCUT2D eigenvalue weighted by Crippen LogP contribution is -2.32. The molecule has 6 rings (SSSR count). The first-order valence-electron chi connectivity index (χ1n) is 11.8. The molecule has 2 atom stereocenters. The highest BCUT2D eigenvalue weighted by Crippen LogP contribution is 2.46. The Bertz CT molecular complexity index is 1440. The number of hydrogen-bond donors (Lipinski definition) is 1. The van der Waals surface area contributed by atoms with Crippen molar-refractivity contribution in [1.29, 1.82) is 0 Å². The zero-order valence-corrected chi connectivity index (χ0v) is 19.6. The molecule has 2 aromatic heterocycles. The first-order valence-corrected chi connectivity index (χ1v) is 11.8. The Balaban J connectivity index is 0.00000117. The second kappa shape index (κ2) is 8.17. The molecule has 0 saturated heterocycles. The number of allylic oxidation sites excluding steroid dienone is 1. The van der Waals surface area contributed by atoms with E-state index >= 15 is 0 Å². The maximum absolute atomic E-state index is 14.7. The number of halogens is 1. The molecule has 4 heterocycles. The van der Waals surface area contributed by atoms with Crippen molar-refractivity contribution < 1.29 is 19.0 Å². The molecule has 3 aromatic rings. The highest BCUT2D eigenvalue weighted by molar-refractivity contribution is 5.93. The molecule has 1 aliphatic carbocycles. The van der Waals surface area contributed by atoms with Gasteiger partial charge >= 0.3 is 5.97 Å². The summed E-state index contributed by atoms with van der Waals surface area (Å²) < 4.78 is 21.3. The third-order valence-electron chi connectivity index (χ3n) is 7.22. The number of esters is 1. The van der Waals surface area contributed by atoms with Crippen LogP contribution in [0.25, 0.3) is 22.3 Å². The number of pyridine rings is 2. The quantitative estimate of drug-likeness (QED) is 0.348. The average molecular weight is 463 g/mol. The summed E-state index contributed by atoms with van der Waals surface area (Å²) in [5.74, 6) is -0.846. The first-order chi connectivity index (χ1) is 16.4. The zero-order valence-electron chi connectivity index (χ0n) is 19.6. The van der Waals surface area contributed by atoms with Crippen LogP contribution in [0.15, 0.2) is 29.6 Å². The lowest BCUT2D eigenvalue weighted by Gasteiger charge is -2.28. The number of aliphatic hydroxyl groups is 1. The number of fused-ring (bicyclic) bond motifs is 5. The van der Waals surface area contributed by atoms with Gasteiger partial charge in [0.2, 0.25) is 0 Å². The first kappa shape index (κ1) is 22.5. The van der Waals surface area contributed by atoms with Crippen LogP contribution in [0.4, 0.5) is 4.39 Å². The molecule has 34 heavy (non-hydrogen) atoms. The largest absolute Gasteiger partial charge is 0.458 e. The van der Waals surface area contributed by atoms with Crippen LogP contribution in [0.5, 0.6) is 0 Å². The summed E-state index contributed by atoms with van der Waals surface area (Å²) in [5.41, 5.74) is 5.70. The summed E-state index contributed by atoms with van der Waals surface area (Å²) in [7, 11) is 0. The normalized spacial score (nSPS) is 19.5. The minimum absolute atomic E-state index is 0.156. The molecule has 0 fully saturated rings. The van der Waals surface area contributed by atoms with E-state index in [2.05, 4.69) is 6.58 Å². The van der Waals surface area contributed by atoms with E-state index in [9.17, 15) is 19.1 Å². The van der Waals surface area contributed by atoms with Crippen molar-refractivity contribution in [2.45, 2.75) is 65.2 Å². The van der Waals surface area contributed by atoms with Gasteiger partial charge in [-0.1, -0.05) is 19.9 Å². The van der Waals surface area contributed by atoms with Gasteiger partial charge in [-0.05, 0) is 54.9 Å². The number of nitrogens with zero attached hydrogens (tertiary/aromatic N) is 2. The van der Waals surface area contributed by atoms with Crippen LogP contribution in [0.3, 0.4) is 0 Å². The molecule has 0 saturated carbocycles. The maximum Gasteiger partial charge on any atom is 0.340 e. The number of rotatable bonds is 2. The molecule has 176 valence electrons. The predicted octanol–water partition coefficient (Wildman–Crippen LogP) is 4.60. The number of benzene rings is 1. The molecule has 2 unspecified atom stereocenters. The number of ether oxygens (including phenoxy) is 1. The molecule has 1 aromatic carbocycles. The molecule has 3 aliphatic rings. The Kier molecular flexibility index (Phi) is 5.40. The molecule has 0 spiro atoms. The Labute approximate surface area is 196 Å². The van der Waals surface area contributed by atoms with E-state index in [1.807, 2.05) is 19.9 Å². The summed E-state index contributed by atoms with van der Waals surface area (Å²) >= 11 is 0. The Morgan fingerprint density at radius 1 is 1.26 bits per heavy atom. The third-order valence-corrected chi connectivity index (χ3v) is 7.22. The maximum atomic E-state index is 14.7. The Morgan fingerprint density at radius 2 is 2.03 bits per heavy atom. The van der Waals surface area contributed by atoms with Gasteiger partial charge in [0.1, 0.15) is 12.4 Å². The van der Waals surface area contributed by atoms with Crippen molar-refractivity contribution in [3.05, 3.63) is 74.3 Å². The van der Waals surface area contributed by atoms with Gasteiger partial charge in [-0.25, -0.2) is 14.2 Å². The number of hydrogen-bond acceptors (Lipinski definition) is 5. The molecule has 0 amide bonds. The third kappa shape index (κ3) is 2.99. The van der Waals surface area contributed by atoms with Crippen molar-refractivity contribution in [2.24, 2.45) is 0 Å². The number of aryl methyl sites for hydroxylation is 1. The second-order valence-corrected chi connectivity index (χ2v) is 8.83. The van der Waals surface area contributed by atoms with E-state index in [0.717, 1.165) is 41.3 Å². The fraction of sp³-hybridized carbons (Fsp3) is 0.370. The standard InChI is InChI=1S/C25H21FN2O4.C2H6/c1-3-4-12-5-6-13-11(2)17(26)8-18-21(13)20(12)15-9-28-19(22(15)27-18)7-14-16(24(28)30)10-32-25(31)23(14)29;1-2/h3,7-8,12,23,29H,1,4-6,9-10H2,2H3;1-2H3. The van der Waals surface area contributed by atoms with Crippen LogP contribution >= 0.6 is 0 Å². The Hall–Kier alpha value is -3.32. The molecular formula is C27H27FN2O4. The van der Waals surface area contributed by atoms with E-state index < -0.39 is 12.1 Å². The van der Waals surface area contributed by atoms with Gasteiger partial charge in [0, 0.05) is 22.6 Å². The van der Waals surface area contributed by atoms with Gasteiger partial charge in [-0.2, -0.15) is 0 Å². The summed E-state index contributed by atoms with van der Waals surface area (Å²) in [5, 5.41) is 11.3. The molecule has 2 aliphatic heterocycles. The lowest BCUT2D eigenvalue weighted by molar-refractivity contribution is -0.157. The Morgan fingerprint density at radius 3 is 2.76 bits per heavy atom. The van der Waals surface area contributed by atoms with E-state index in [1.165, 1.54) is 6.07 Å².